The number of nitrogens with two attached hydrogens (primary N) is 1. The zero-order valence-corrected chi connectivity index (χ0v) is 11.4. The van der Waals surface area contributed by atoms with E-state index in [0.717, 1.165) is 15.7 Å². The van der Waals surface area contributed by atoms with Gasteiger partial charge in [0, 0.05) is 23.6 Å². The van der Waals surface area contributed by atoms with Crippen LogP contribution in [0.25, 0.3) is 0 Å². The molecule has 3 N–H and O–H groups in total. The molecule has 0 atom stereocenters. The summed E-state index contributed by atoms with van der Waals surface area (Å²) in [4.78, 5) is 0. The minimum atomic E-state index is 0.533. The fraction of sp³-hybridized carbons (Fsp3) is 0.167. The Hall–Kier alpha value is -2.00. The Morgan fingerprint density at radius 1 is 1.56 bits per heavy atom. The summed E-state index contributed by atoms with van der Waals surface area (Å²) < 4.78 is 2.39. The molecule has 6 heteroatoms. The number of nitrogens with zero attached hydrogens (tertiary/aromatic N) is 3. The molecule has 0 spiro atoms. The second kappa shape index (κ2) is 5.10. The van der Waals surface area contributed by atoms with Gasteiger partial charge in [0.1, 0.15) is 11.9 Å². The van der Waals surface area contributed by atoms with Crippen LogP contribution in [0.4, 0.5) is 11.5 Å². The molecule has 1 heterocycles. The van der Waals surface area contributed by atoms with E-state index in [0.29, 0.717) is 17.9 Å². The molecule has 18 heavy (non-hydrogen) atoms. The molecule has 2 aromatic rings. The molecule has 0 saturated heterocycles. The van der Waals surface area contributed by atoms with Crippen molar-refractivity contribution in [1.29, 1.82) is 5.26 Å². The third kappa shape index (κ3) is 2.31. The highest BCUT2D eigenvalue weighted by molar-refractivity contribution is 9.10. The molecule has 0 unspecified atom stereocenters. The van der Waals surface area contributed by atoms with Gasteiger partial charge in [-0.3, -0.25) is 4.68 Å². The molecular weight excluding hydrogens is 294 g/mol. The molecular formula is C12H12BrN5. The first-order chi connectivity index (χ1) is 8.63. The summed E-state index contributed by atoms with van der Waals surface area (Å²) in [7, 11) is 1.79. The van der Waals surface area contributed by atoms with E-state index >= 15 is 0 Å². The first kappa shape index (κ1) is 12.5. The normalized spacial score (nSPS) is 10.1. The lowest BCUT2D eigenvalue weighted by atomic mass is 10.2. The molecule has 0 bridgehead atoms. The minimum absolute atomic E-state index is 0.533. The van der Waals surface area contributed by atoms with Crippen LogP contribution in [-0.2, 0) is 13.6 Å². The van der Waals surface area contributed by atoms with Gasteiger partial charge in [0.15, 0.2) is 0 Å². The Labute approximate surface area is 113 Å². The van der Waals surface area contributed by atoms with Gasteiger partial charge in [0.05, 0.1) is 17.4 Å². The highest BCUT2D eigenvalue weighted by Gasteiger charge is 2.08. The van der Waals surface area contributed by atoms with Crippen LogP contribution in [0.15, 0.2) is 28.9 Å². The van der Waals surface area contributed by atoms with Crippen molar-refractivity contribution >= 4 is 27.4 Å². The van der Waals surface area contributed by atoms with Crippen molar-refractivity contribution in [3.05, 3.63) is 40.0 Å². The lowest BCUT2D eigenvalue weighted by Crippen LogP contribution is -2.05. The van der Waals surface area contributed by atoms with Crippen LogP contribution in [0, 0.1) is 11.3 Å². The van der Waals surface area contributed by atoms with Crippen molar-refractivity contribution in [1.82, 2.24) is 9.78 Å². The van der Waals surface area contributed by atoms with Gasteiger partial charge in [-0.1, -0.05) is 6.07 Å². The number of anilines is 2. The van der Waals surface area contributed by atoms with E-state index in [9.17, 15) is 0 Å². The van der Waals surface area contributed by atoms with E-state index in [2.05, 4.69) is 32.4 Å². The SMILES string of the molecule is Cn1ncc(CNc2cccc(Br)c2C#N)c1N. The van der Waals surface area contributed by atoms with E-state index < -0.39 is 0 Å². The summed E-state index contributed by atoms with van der Waals surface area (Å²) >= 11 is 3.35. The predicted molar refractivity (Wildman–Crippen MR) is 73.8 cm³/mol. The molecule has 5 nitrogen and oxygen atoms in total. The Morgan fingerprint density at radius 2 is 2.33 bits per heavy atom. The van der Waals surface area contributed by atoms with Gasteiger partial charge in [0.2, 0.25) is 0 Å². The monoisotopic (exact) mass is 305 g/mol. The lowest BCUT2D eigenvalue weighted by Gasteiger charge is -2.08. The number of aryl methyl sites for hydroxylation is 1. The summed E-state index contributed by atoms with van der Waals surface area (Å²) in [5.74, 6) is 0.621. The molecule has 0 saturated carbocycles. The number of hydrogen-bond acceptors (Lipinski definition) is 4. The smallest absolute Gasteiger partial charge is 0.126 e. The van der Waals surface area contributed by atoms with E-state index in [-0.39, 0.29) is 0 Å². The molecule has 1 aromatic carbocycles. The fourth-order valence-corrected chi connectivity index (χ4v) is 2.06. The van der Waals surface area contributed by atoms with E-state index in [1.54, 1.807) is 17.9 Å². The standard InChI is InChI=1S/C12H12BrN5/c1-18-12(15)8(7-17-18)6-16-11-4-2-3-10(13)9(11)5-14/h2-4,7,16H,6,15H2,1H3. The number of hydrogen-bond donors (Lipinski definition) is 2. The number of nitrogen functional groups attached to an aromatic ring is 1. The quantitative estimate of drug-likeness (QED) is 0.911. The Balaban J connectivity index is 2.19. The van der Waals surface area contributed by atoms with Crippen LogP contribution in [0.2, 0.25) is 0 Å². The molecule has 1 aromatic heterocycles. The highest BCUT2D eigenvalue weighted by Crippen LogP contribution is 2.24. The van der Waals surface area contributed by atoms with Crippen molar-refractivity contribution in [2.24, 2.45) is 7.05 Å². The third-order valence-corrected chi connectivity index (χ3v) is 3.32. The number of benzene rings is 1. The molecule has 0 aliphatic heterocycles. The average molecular weight is 306 g/mol. The van der Waals surface area contributed by atoms with Crippen LogP contribution in [-0.4, -0.2) is 9.78 Å². The largest absolute Gasteiger partial charge is 0.384 e. The van der Waals surface area contributed by atoms with Crippen LogP contribution >= 0.6 is 15.9 Å². The molecule has 0 aliphatic carbocycles. The van der Waals surface area contributed by atoms with Crippen molar-refractivity contribution in [3.8, 4) is 6.07 Å². The van der Waals surface area contributed by atoms with E-state index in [1.165, 1.54) is 0 Å². The van der Waals surface area contributed by atoms with Crippen molar-refractivity contribution in [2.75, 3.05) is 11.1 Å². The van der Waals surface area contributed by atoms with Crippen LogP contribution in [0.1, 0.15) is 11.1 Å². The van der Waals surface area contributed by atoms with Crippen LogP contribution < -0.4 is 11.1 Å². The summed E-state index contributed by atoms with van der Waals surface area (Å²) in [5.41, 5.74) is 8.11. The predicted octanol–water partition coefficient (Wildman–Crippen LogP) is 2.25. The van der Waals surface area contributed by atoms with Crippen molar-refractivity contribution in [2.45, 2.75) is 6.54 Å². The maximum atomic E-state index is 9.09. The minimum Gasteiger partial charge on any atom is -0.384 e. The molecule has 0 aliphatic rings. The van der Waals surface area contributed by atoms with Gasteiger partial charge < -0.3 is 11.1 Å². The Bertz CT molecular complexity index is 611. The lowest BCUT2D eigenvalue weighted by molar-refractivity contribution is 0.778. The number of rotatable bonds is 3. The van der Waals surface area contributed by atoms with Gasteiger partial charge in [-0.15, -0.1) is 0 Å². The molecule has 0 amide bonds. The molecule has 92 valence electrons. The number of nitrogens with one attached hydrogen (secondary N) is 1. The van der Waals surface area contributed by atoms with Crippen molar-refractivity contribution in [3.63, 3.8) is 0 Å². The van der Waals surface area contributed by atoms with Gasteiger partial charge >= 0.3 is 0 Å². The Kier molecular flexibility index (Phi) is 3.53. The van der Waals surface area contributed by atoms with Crippen LogP contribution in [0.3, 0.4) is 0 Å². The first-order valence-corrected chi connectivity index (χ1v) is 6.11. The zero-order chi connectivity index (χ0) is 13.1. The molecule has 2 rings (SSSR count). The average Bonchev–Trinajstić information content (AvgIpc) is 2.68. The topological polar surface area (TPSA) is 79.7 Å². The summed E-state index contributed by atoms with van der Waals surface area (Å²) in [5, 5.41) is 16.3. The van der Waals surface area contributed by atoms with E-state index in [4.69, 9.17) is 11.0 Å². The second-order valence-corrected chi connectivity index (χ2v) is 4.66. The maximum Gasteiger partial charge on any atom is 0.126 e. The Morgan fingerprint density at radius 3 is 2.94 bits per heavy atom. The summed E-state index contributed by atoms with van der Waals surface area (Å²) in [6.07, 6.45) is 1.71. The van der Waals surface area contributed by atoms with Crippen LogP contribution in [0.5, 0.6) is 0 Å². The number of aromatic nitrogens is 2. The number of nitriles is 1. The van der Waals surface area contributed by atoms with Gasteiger partial charge in [-0.25, -0.2) is 0 Å². The maximum absolute atomic E-state index is 9.09. The molecule has 0 fully saturated rings. The third-order valence-electron chi connectivity index (χ3n) is 2.66. The van der Waals surface area contributed by atoms with Gasteiger partial charge in [-0.05, 0) is 28.1 Å². The summed E-state index contributed by atoms with van der Waals surface area (Å²) in [6.45, 7) is 0.533. The fourth-order valence-electron chi connectivity index (χ4n) is 1.60. The summed E-state index contributed by atoms with van der Waals surface area (Å²) in [6, 6.07) is 7.73. The zero-order valence-electron chi connectivity index (χ0n) is 9.81. The number of halogens is 1. The second-order valence-electron chi connectivity index (χ2n) is 3.81. The molecule has 0 radical (unpaired) electrons. The van der Waals surface area contributed by atoms with E-state index in [1.807, 2.05) is 18.2 Å². The van der Waals surface area contributed by atoms with Gasteiger partial charge in [-0.2, -0.15) is 10.4 Å². The highest BCUT2D eigenvalue weighted by atomic mass is 79.9. The van der Waals surface area contributed by atoms with Crippen molar-refractivity contribution < 1.29 is 0 Å². The first-order valence-electron chi connectivity index (χ1n) is 5.32. The van der Waals surface area contributed by atoms with Gasteiger partial charge in [0.25, 0.3) is 0 Å².